The SMILES string of the molecule is Cc1cc(-c2noc(-c3cccc(O)c3)n2)ccc1F. The van der Waals surface area contributed by atoms with Crippen LogP contribution in [0.4, 0.5) is 4.39 Å². The molecule has 5 heteroatoms. The van der Waals surface area contributed by atoms with Crippen LogP contribution in [0.3, 0.4) is 0 Å². The molecule has 0 saturated heterocycles. The lowest BCUT2D eigenvalue weighted by atomic mass is 10.1. The minimum atomic E-state index is -0.273. The molecule has 0 aliphatic rings. The van der Waals surface area contributed by atoms with Gasteiger partial charge in [-0.15, -0.1) is 0 Å². The molecule has 4 nitrogen and oxygen atoms in total. The molecule has 20 heavy (non-hydrogen) atoms. The molecular formula is C15H11FN2O2. The van der Waals surface area contributed by atoms with Crippen molar-refractivity contribution in [1.29, 1.82) is 0 Å². The molecule has 0 bridgehead atoms. The number of aromatic nitrogens is 2. The fourth-order valence-corrected chi connectivity index (χ4v) is 1.88. The zero-order valence-electron chi connectivity index (χ0n) is 10.7. The molecule has 3 rings (SSSR count). The molecule has 0 unspecified atom stereocenters. The average Bonchev–Trinajstić information content (AvgIpc) is 2.92. The maximum Gasteiger partial charge on any atom is 0.258 e. The number of phenolic OH excluding ortho intramolecular Hbond substituents is 1. The molecule has 0 saturated carbocycles. The summed E-state index contributed by atoms with van der Waals surface area (Å²) in [7, 11) is 0. The van der Waals surface area contributed by atoms with Gasteiger partial charge < -0.3 is 9.63 Å². The molecule has 0 radical (unpaired) electrons. The summed E-state index contributed by atoms with van der Waals surface area (Å²) in [6, 6.07) is 11.2. The Morgan fingerprint density at radius 1 is 1.10 bits per heavy atom. The van der Waals surface area contributed by atoms with Gasteiger partial charge in [0.15, 0.2) is 0 Å². The monoisotopic (exact) mass is 270 g/mol. The molecule has 0 spiro atoms. The molecule has 0 aliphatic heterocycles. The first-order chi connectivity index (χ1) is 9.63. The molecule has 100 valence electrons. The van der Waals surface area contributed by atoms with Gasteiger partial charge in [-0.1, -0.05) is 11.2 Å². The van der Waals surface area contributed by atoms with Crippen LogP contribution in [0.25, 0.3) is 22.8 Å². The van der Waals surface area contributed by atoms with E-state index in [1.165, 1.54) is 12.1 Å². The Morgan fingerprint density at radius 3 is 2.70 bits per heavy atom. The molecule has 2 aromatic carbocycles. The first-order valence-electron chi connectivity index (χ1n) is 6.03. The summed E-state index contributed by atoms with van der Waals surface area (Å²) in [6.07, 6.45) is 0. The van der Waals surface area contributed by atoms with E-state index in [-0.39, 0.29) is 11.6 Å². The molecule has 3 aromatic rings. The van der Waals surface area contributed by atoms with Gasteiger partial charge in [-0.2, -0.15) is 4.98 Å². The lowest BCUT2D eigenvalue weighted by Crippen LogP contribution is -1.86. The smallest absolute Gasteiger partial charge is 0.258 e. The van der Waals surface area contributed by atoms with Gasteiger partial charge >= 0.3 is 0 Å². The topological polar surface area (TPSA) is 59.2 Å². The molecule has 0 amide bonds. The van der Waals surface area contributed by atoms with E-state index in [2.05, 4.69) is 10.1 Å². The van der Waals surface area contributed by atoms with Crippen molar-refractivity contribution in [3.63, 3.8) is 0 Å². The minimum absolute atomic E-state index is 0.125. The summed E-state index contributed by atoms with van der Waals surface area (Å²) in [5.74, 6) is 0.537. The van der Waals surface area contributed by atoms with Crippen LogP contribution in [-0.4, -0.2) is 15.2 Å². The fraction of sp³-hybridized carbons (Fsp3) is 0.0667. The van der Waals surface area contributed by atoms with Crippen LogP contribution in [0, 0.1) is 12.7 Å². The summed E-state index contributed by atoms with van der Waals surface area (Å²) in [4.78, 5) is 4.25. The van der Waals surface area contributed by atoms with Crippen molar-refractivity contribution in [2.24, 2.45) is 0 Å². The highest BCUT2D eigenvalue weighted by atomic mass is 19.1. The second kappa shape index (κ2) is 4.77. The molecule has 1 N–H and O–H groups in total. The molecule has 0 atom stereocenters. The first kappa shape index (κ1) is 12.3. The lowest BCUT2D eigenvalue weighted by molar-refractivity contribution is 0.431. The average molecular weight is 270 g/mol. The summed E-state index contributed by atoms with van der Waals surface area (Å²) >= 11 is 0. The van der Waals surface area contributed by atoms with Crippen molar-refractivity contribution in [3.8, 4) is 28.6 Å². The number of rotatable bonds is 2. The third kappa shape index (κ3) is 2.25. The Labute approximate surface area is 114 Å². The van der Waals surface area contributed by atoms with Gasteiger partial charge in [0.05, 0.1) is 0 Å². The van der Waals surface area contributed by atoms with Crippen LogP contribution in [0.15, 0.2) is 47.0 Å². The second-order valence-electron chi connectivity index (χ2n) is 4.44. The van der Waals surface area contributed by atoms with Crippen LogP contribution < -0.4 is 0 Å². The van der Waals surface area contributed by atoms with E-state index < -0.39 is 0 Å². The Bertz CT molecular complexity index is 768. The number of halogens is 1. The van der Waals surface area contributed by atoms with Gasteiger partial charge in [-0.3, -0.25) is 0 Å². The fourth-order valence-electron chi connectivity index (χ4n) is 1.88. The van der Waals surface area contributed by atoms with E-state index in [1.807, 2.05) is 0 Å². The highest BCUT2D eigenvalue weighted by molar-refractivity contribution is 5.61. The van der Waals surface area contributed by atoms with Crippen molar-refractivity contribution in [2.45, 2.75) is 6.92 Å². The quantitative estimate of drug-likeness (QED) is 0.773. The highest BCUT2D eigenvalue weighted by Gasteiger charge is 2.11. The third-order valence-corrected chi connectivity index (χ3v) is 2.94. The van der Waals surface area contributed by atoms with E-state index in [0.29, 0.717) is 28.4 Å². The normalized spacial score (nSPS) is 10.7. The van der Waals surface area contributed by atoms with Crippen LogP contribution in [0.5, 0.6) is 5.75 Å². The van der Waals surface area contributed by atoms with E-state index in [0.717, 1.165) is 0 Å². The Hall–Kier alpha value is -2.69. The maximum absolute atomic E-state index is 13.2. The number of phenols is 1. The Kier molecular flexibility index (Phi) is 2.95. The summed E-state index contributed by atoms with van der Waals surface area (Å²) in [5.41, 5.74) is 1.83. The highest BCUT2D eigenvalue weighted by Crippen LogP contribution is 2.25. The summed E-state index contributed by atoms with van der Waals surface area (Å²) in [5, 5.41) is 13.3. The van der Waals surface area contributed by atoms with Crippen LogP contribution in [0.1, 0.15) is 5.56 Å². The Balaban J connectivity index is 1.99. The standard InChI is InChI=1S/C15H11FN2O2/c1-9-7-10(5-6-13(9)16)14-17-15(20-18-14)11-3-2-4-12(19)8-11/h2-8,19H,1H3. The van der Waals surface area contributed by atoms with Crippen molar-refractivity contribution < 1.29 is 14.0 Å². The zero-order chi connectivity index (χ0) is 14.1. The van der Waals surface area contributed by atoms with E-state index in [4.69, 9.17) is 4.52 Å². The van der Waals surface area contributed by atoms with Crippen molar-refractivity contribution in [1.82, 2.24) is 10.1 Å². The predicted molar refractivity (Wildman–Crippen MR) is 71.5 cm³/mol. The summed E-state index contributed by atoms with van der Waals surface area (Å²) in [6.45, 7) is 1.68. The van der Waals surface area contributed by atoms with Gasteiger partial charge in [0.1, 0.15) is 11.6 Å². The number of hydrogen-bond acceptors (Lipinski definition) is 4. The molecule has 1 heterocycles. The van der Waals surface area contributed by atoms with Gasteiger partial charge in [0, 0.05) is 11.1 Å². The lowest BCUT2D eigenvalue weighted by Gasteiger charge is -1.98. The van der Waals surface area contributed by atoms with Gasteiger partial charge in [-0.05, 0) is 48.9 Å². The maximum atomic E-state index is 13.2. The first-order valence-corrected chi connectivity index (χ1v) is 6.03. The van der Waals surface area contributed by atoms with Crippen molar-refractivity contribution >= 4 is 0 Å². The molecule has 0 aliphatic carbocycles. The second-order valence-corrected chi connectivity index (χ2v) is 4.44. The zero-order valence-corrected chi connectivity index (χ0v) is 10.7. The molecule has 0 fully saturated rings. The molecule has 1 aromatic heterocycles. The van der Waals surface area contributed by atoms with Crippen molar-refractivity contribution in [3.05, 3.63) is 53.8 Å². The number of nitrogens with zero attached hydrogens (tertiary/aromatic N) is 2. The number of aryl methyl sites for hydroxylation is 1. The van der Waals surface area contributed by atoms with Crippen LogP contribution in [0.2, 0.25) is 0 Å². The van der Waals surface area contributed by atoms with E-state index in [9.17, 15) is 9.50 Å². The number of hydrogen-bond donors (Lipinski definition) is 1. The molecular weight excluding hydrogens is 259 g/mol. The van der Waals surface area contributed by atoms with E-state index in [1.54, 1.807) is 37.3 Å². The largest absolute Gasteiger partial charge is 0.508 e. The third-order valence-electron chi connectivity index (χ3n) is 2.94. The van der Waals surface area contributed by atoms with Gasteiger partial charge in [0.25, 0.3) is 5.89 Å². The van der Waals surface area contributed by atoms with Gasteiger partial charge in [0.2, 0.25) is 5.82 Å². The summed E-state index contributed by atoms with van der Waals surface area (Å²) < 4.78 is 18.4. The number of aromatic hydroxyl groups is 1. The van der Waals surface area contributed by atoms with Crippen molar-refractivity contribution in [2.75, 3.05) is 0 Å². The minimum Gasteiger partial charge on any atom is -0.508 e. The van der Waals surface area contributed by atoms with E-state index >= 15 is 0 Å². The number of benzene rings is 2. The Morgan fingerprint density at radius 2 is 1.95 bits per heavy atom. The van der Waals surface area contributed by atoms with Crippen LogP contribution >= 0.6 is 0 Å². The predicted octanol–water partition coefficient (Wildman–Crippen LogP) is 3.56. The van der Waals surface area contributed by atoms with Gasteiger partial charge in [-0.25, -0.2) is 4.39 Å². The van der Waals surface area contributed by atoms with Crippen LogP contribution in [-0.2, 0) is 0 Å².